The SMILES string of the molecule is Fc1ccc(-c2nc3cc4ccccc4cc3n2-c2cccc3c2oc2ccccc23)c2sc3ccccc3c12. The number of benzene rings is 6. The van der Waals surface area contributed by atoms with Crippen molar-refractivity contribution < 1.29 is 8.81 Å². The lowest BCUT2D eigenvalue weighted by molar-refractivity contribution is 0.641. The first-order valence-electron chi connectivity index (χ1n) is 13.2. The predicted octanol–water partition coefficient (Wildman–Crippen LogP) is 10.3. The normalized spacial score (nSPS) is 12.1. The van der Waals surface area contributed by atoms with Crippen LogP contribution < -0.4 is 0 Å². The first-order chi connectivity index (χ1) is 19.7. The van der Waals surface area contributed by atoms with Gasteiger partial charge in [-0.25, -0.2) is 9.37 Å². The largest absolute Gasteiger partial charge is 0.454 e. The monoisotopic (exact) mass is 534 g/mol. The molecule has 3 nitrogen and oxygen atoms in total. The Bertz CT molecular complexity index is 2460. The van der Waals surface area contributed by atoms with Crippen LogP contribution in [0.4, 0.5) is 4.39 Å². The van der Waals surface area contributed by atoms with Crippen LogP contribution in [0, 0.1) is 5.82 Å². The molecular formula is C35H19FN2OS. The summed E-state index contributed by atoms with van der Waals surface area (Å²) in [4.78, 5) is 5.23. The van der Waals surface area contributed by atoms with Gasteiger partial charge < -0.3 is 4.42 Å². The van der Waals surface area contributed by atoms with Gasteiger partial charge >= 0.3 is 0 Å². The van der Waals surface area contributed by atoms with E-state index in [9.17, 15) is 0 Å². The van der Waals surface area contributed by atoms with Gasteiger partial charge in [0.25, 0.3) is 0 Å². The van der Waals surface area contributed by atoms with Crippen LogP contribution in [0.3, 0.4) is 0 Å². The summed E-state index contributed by atoms with van der Waals surface area (Å²) < 4.78 is 26.0. The Morgan fingerprint density at radius 1 is 0.700 bits per heavy atom. The highest BCUT2D eigenvalue weighted by Crippen LogP contribution is 2.43. The Morgan fingerprint density at radius 3 is 2.35 bits per heavy atom. The van der Waals surface area contributed by atoms with Gasteiger partial charge in [0.2, 0.25) is 0 Å². The average Bonchev–Trinajstić information content (AvgIpc) is 3.67. The minimum Gasteiger partial charge on any atom is -0.454 e. The summed E-state index contributed by atoms with van der Waals surface area (Å²) in [5.41, 5.74) is 5.29. The van der Waals surface area contributed by atoms with Gasteiger partial charge in [0, 0.05) is 36.5 Å². The van der Waals surface area contributed by atoms with E-state index in [1.54, 1.807) is 17.4 Å². The third-order valence-electron chi connectivity index (χ3n) is 7.86. The van der Waals surface area contributed by atoms with Crippen LogP contribution in [0.15, 0.2) is 120 Å². The van der Waals surface area contributed by atoms with Crippen molar-refractivity contribution in [3.05, 3.63) is 121 Å². The summed E-state index contributed by atoms with van der Waals surface area (Å²) in [6.45, 7) is 0. The molecule has 0 N–H and O–H groups in total. The number of hydrogen-bond acceptors (Lipinski definition) is 3. The quantitative estimate of drug-likeness (QED) is 0.221. The zero-order valence-electron chi connectivity index (χ0n) is 21.1. The molecule has 0 atom stereocenters. The maximum atomic E-state index is 15.4. The van der Waals surface area contributed by atoms with Crippen molar-refractivity contribution >= 4 is 75.3 Å². The molecule has 40 heavy (non-hydrogen) atoms. The standard InChI is InChI=1S/C35H19FN2OS/c36-26-17-16-25(34-32(26)24-11-4-6-15-31(24)40-34)35-37-27-18-20-8-1-2-9-21(20)19-29(27)38(35)28-13-7-12-23-22-10-3-5-14-30(22)39-33(23)28/h1-19H. The maximum absolute atomic E-state index is 15.4. The fraction of sp³-hybridized carbons (Fsp3) is 0. The van der Waals surface area contributed by atoms with E-state index < -0.39 is 0 Å². The summed E-state index contributed by atoms with van der Waals surface area (Å²) in [6, 6.07) is 38.4. The molecule has 0 unspecified atom stereocenters. The molecule has 0 saturated heterocycles. The molecule has 9 rings (SSSR count). The Morgan fingerprint density at radius 2 is 1.45 bits per heavy atom. The summed E-state index contributed by atoms with van der Waals surface area (Å²) in [5.74, 6) is 0.541. The fourth-order valence-corrected chi connectivity index (χ4v) is 7.29. The number of nitrogens with zero attached hydrogens (tertiary/aromatic N) is 2. The van der Waals surface area contributed by atoms with Gasteiger partial charge in [0.1, 0.15) is 17.2 Å². The van der Waals surface area contributed by atoms with Crippen molar-refractivity contribution in [3.8, 4) is 17.1 Å². The first kappa shape index (κ1) is 21.9. The van der Waals surface area contributed by atoms with Gasteiger partial charge in [-0.3, -0.25) is 4.57 Å². The molecule has 0 saturated carbocycles. The molecule has 0 fully saturated rings. The van der Waals surface area contributed by atoms with Crippen molar-refractivity contribution in [3.63, 3.8) is 0 Å². The second-order valence-electron chi connectivity index (χ2n) is 10.1. The van der Waals surface area contributed by atoms with Crippen LogP contribution >= 0.6 is 11.3 Å². The molecule has 3 heterocycles. The number of aromatic nitrogens is 2. The number of para-hydroxylation sites is 2. The Labute approximate surface area is 231 Å². The van der Waals surface area contributed by atoms with Crippen LogP contribution in [0.2, 0.25) is 0 Å². The topological polar surface area (TPSA) is 31.0 Å². The maximum Gasteiger partial charge on any atom is 0.159 e. The zero-order valence-corrected chi connectivity index (χ0v) is 21.9. The summed E-state index contributed by atoms with van der Waals surface area (Å²) in [5, 5.41) is 5.94. The number of fused-ring (bicyclic) bond motifs is 8. The Hall–Kier alpha value is -5.00. The van der Waals surface area contributed by atoms with Crippen molar-refractivity contribution in [2.24, 2.45) is 0 Å². The minimum atomic E-state index is -0.219. The number of rotatable bonds is 2. The van der Waals surface area contributed by atoms with Gasteiger partial charge in [-0.1, -0.05) is 72.8 Å². The van der Waals surface area contributed by atoms with Crippen LogP contribution in [-0.2, 0) is 0 Å². The number of hydrogen-bond donors (Lipinski definition) is 0. The first-order valence-corrected chi connectivity index (χ1v) is 14.0. The molecule has 0 aliphatic heterocycles. The highest BCUT2D eigenvalue weighted by atomic mass is 32.1. The highest BCUT2D eigenvalue weighted by molar-refractivity contribution is 7.26. The van der Waals surface area contributed by atoms with Crippen LogP contribution in [-0.4, -0.2) is 9.55 Å². The van der Waals surface area contributed by atoms with Gasteiger partial charge in [-0.05, 0) is 53.2 Å². The van der Waals surface area contributed by atoms with Crippen molar-refractivity contribution in [2.75, 3.05) is 0 Å². The van der Waals surface area contributed by atoms with E-state index in [1.807, 2.05) is 54.6 Å². The molecule has 0 aliphatic rings. The van der Waals surface area contributed by atoms with E-state index in [-0.39, 0.29) is 5.82 Å². The van der Waals surface area contributed by atoms with Crippen molar-refractivity contribution in [1.82, 2.24) is 9.55 Å². The van der Waals surface area contributed by atoms with Gasteiger partial charge in [0.05, 0.1) is 16.7 Å². The lowest BCUT2D eigenvalue weighted by Crippen LogP contribution is -1.98. The third-order valence-corrected chi connectivity index (χ3v) is 9.07. The smallest absolute Gasteiger partial charge is 0.159 e. The minimum absolute atomic E-state index is 0.219. The van der Waals surface area contributed by atoms with E-state index in [1.165, 1.54) is 0 Å². The third kappa shape index (κ3) is 2.95. The Balaban J connectivity index is 1.46. The number of thiophene rings is 1. The zero-order chi connectivity index (χ0) is 26.4. The van der Waals surface area contributed by atoms with E-state index in [4.69, 9.17) is 9.40 Å². The molecule has 0 radical (unpaired) electrons. The summed E-state index contributed by atoms with van der Waals surface area (Å²) >= 11 is 1.60. The molecule has 5 heteroatoms. The highest BCUT2D eigenvalue weighted by Gasteiger charge is 2.23. The number of furan rings is 1. The summed E-state index contributed by atoms with van der Waals surface area (Å²) in [6.07, 6.45) is 0. The van der Waals surface area contributed by atoms with Crippen molar-refractivity contribution in [1.29, 1.82) is 0 Å². The molecule has 0 aliphatic carbocycles. The predicted molar refractivity (Wildman–Crippen MR) is 164 cm³/mol. The molecule has 9 aromatic rings. The number of imidazole rings is 1. The van der Waals surface area contributed by atoms with Gasteiger partial charge in [-0.2, -0.15) is 0 Å². The molecule has 0 bridgehead atoms. The van der Waals surface area contributed by atoms with Gasteiger partial charge in [0.15, 0.2) is 5.58 Å². The molecule has 0 spiro atoms. The van der Waals surface area contributed by atoms with E-state index in [0.717, 1.165) is 75.6 Å². The fourth-order valence-electron chi connectivity index (χ4n) is 6.06. The molecule has 3 aromatic heterocycles. The van der Waals surface area contributed by atoms with E-state index in [2.05, 4.69) is 59.2 Å². The molecule has 0 amide bonds. The lowest BCUT2D eigenvalue weighted by atomic mass is 10.1. The average molecular weight is 535 g/mol. The lowest BCUT2D eigenvalue weighted by Gasteiger charge is -2.11. The Kier molecular flexibility index (Phi) is 4.38. The van der Waals surface area contributed by atoms with Crippen LogP contribution in [0.5, 0.6) is 0 Å². The van der Waals surface area contributed by atoms with Gasteiger partial charge in [-0.15, -0.1) is 11.3 Å². The molecular weight excluding hydrogens is 515 g/mol. The number of halogens is 1. The van der Waals surface area contributed by atoms with Crippen LogP contribution in [0.25, 0.3) is 81.0 Å². The van der Waals surface area contributed by atoms with Crippen molar-refractivity contribution in [2.45, 2.75) is 0 Å². The van der Waals surface area contributed by atoms with E-state index >= 15 is 4.39 Å². The van der Waals surface area contributed by atoms with E-state index in [0.29, 0.717) is 5.39 Å². The van der Waals surface area contributed by atoms with Crippen LogP contribution in [0.1, 0.15) is 0 Å². The second-order valence-corrected chi connectivity index (χ2v) is 11.2. The second kappa shape index (κ2) is 8.01. The molecule has 6 aromatic carbocycles. The molecule has 188 valence electrons. The summed E-state index contributed by atoms with van der Waals surface area (Å²) in [7, 11) is 0.